The highest BCUT2D eigenvalue weighted by molar-refractivity contribution is 6.04. The summed E-state index contributed by atoms with van der Waals surface area (Å²) in [6, 6.07) is 23.9. The number of likely N-dealkylation sites (tertiary alicyclic amines) is 1. The Hall–Kier alpha value is -3.64. The zero-order chi connectivity index (χ0) is 25.5. The first-order valence-electron chi connectivity index (χ1n) is 12.5. The Balaban J connectivity index is 1.29. The minimum atomic E-state index is -0.506. The smallest absolute Gasteiger partial charge is 0.410 e. The summed E-state index contributed by atoms with van der Waals surface area (Å²) in [6.45, 7) is 8.06. The van der Waals surface area contributed by atoms with Gasteiger partial charge < -0.3 is 15.0 Å². The molecule has 3 aromatic carbocycles. The third-order valence-electron chi connectivity index (χ3n) is 6.86. The van der Waals surface area contributed by atoms with Crippen LogP contribution in [0.25, 0.3) is 0 Å². The summed E-state index contributed by atoms with van der Waals surface area (Å²) in [4.78, 5) is 29.2. The molecule has 1 fully saturated rings. The Morgan fingerprint density at radius 2 is 1.64 bits per heavy atom. The van der Waals surface area contributed by atoms with Crippen molar-refractivity contribution in [1.82, 2.24) is 4.90 Å². The number of hydrogen-bond donors (Lipinski definition) is 1. The van der Waals surface area contributed by atoms with Gasteiger partial charge in [0.2, 0.25) is 0 Å². The van der Waals surface area contributed by atoms with Crippen molar-refractivity contribution in [2.75, 3.05) is 36.9 Å². The number of rotatable bonds is 7. The molecule has 0 saturated carbocycles. The number of carbonyl (C=O) groups is 2. The Morgan fingerprint density at radius 3 is 2.33 bits per heavy atom. The number of amides is 2. The quantitative estimate of drug-likeness (QED) is 0.430. The molecule has 188 valence electrons. The second-order valence-electron chi connectivity index (χ2n) is 10.2. The minimum Gasteiger partial charge on any atom is -0.410 e. The molecule has 36 heavy (non-hydrogen) atoms. The molecule has 4 rings (SSSR count). The van der Waals surface area contributed by atoms with Crippen molar-refractivity contribution in [3.8, 4) is 5.75 Å². The van der Waals surface area contributed by atoms with Crippen LogP contribution in [-0.4, -0.2) is 43.6 Å². The first-order valence-corrected chi connectivity index (χ1v) is 12.5. The molecule has 1 N–H and O–H groups in total. The fourth-order valence-electron chi connectivity index (χ4n) is 4.26. The first kappa shape index (κ1) is 25.5. The third-order valence-corrected chi connectivity index (χ3v) is 6.86. The van der Waals surface area contributed by atoms with Gasteiger partial charge in [-0.2, -0.15) is 0 Å². The molecule has 6 heteroatoms. The second kappa shape index (κ2) is 11.4. The molecule has 1 saturated heterocycles. The first-order chi connectivity index (χ1) is 17.3. The highest BCUT2D eigenvalue weighted by atomic mass is 16.6. The average Bonchev–Trinajstić information content (AvgIpc) is 2.88. The summed E-state index contributed by atoms with van der Waals surface area (Å²) < 4.78 is 5.49. The number of carbonyl (C=O) groups excluding carboxylic acids is 2. The van der Waals surface area contributed by atoms with Gasteiger partial charge in [0.25, 0.3) is 5.91 Å². The maximum Gasteiger partial charge on any atom is 0.419 e. The lowest BCUT2D eigenvalue weighted by Crippen LogP contribution is -2.38. The highest BCUT2D eigenvalue weighted by Crippen LogP contribution is 2.29. The zero-order valence-corrected chi connectivity index (χ0v) is 21.4. The van der Waals surface area contributed by atoms with Crippen molar-refractivity contribution in [3.63, 3.8) is 0 Å². The van der Waals surface area contributed by atoms with Gasteiger partial charge in [-0.15, -0.1) is 0 Å². The van der Waals surface area contributed by atoms with Crippen LogP contribution in [-0.2, 0) is 6.42 Å². The van der Waals surface area contributed by atoms with E-state index in [-0.39, 0.29) is 5.91 Å². The second-order valence-corrected chi connectivity index (χ2v) is 10.2. The summed E-state index contributed by atoms with van der Waals surface area (Å²) >= 11 is 0. The molecule has 0 aliphatic carbocycles. The molecule has 1 aliphatic heterocycles. The number of para-hydroxylation sites is 1. The fourth-order valence-corrected chi connectivity index (χ4v) is 4.26. The summed E-state index contributed by atoms with van der Waals surface area (Å²) in [5.74, 6) is 0.154. The monoisotopic (exact) mass is 485 g/mol. The Labute approximate surface area is 213 Å². The van der Waals surface area contributed by atoms with Gasteiger partial charge in [-0.1, -0.05) is 50.2 Å². The Kier molecular flexibility index (Phi) is 8.06. The van der Waals surface area contributed by atoms with Crippen LogP contribution in [0.15, 0.2) is 78.9 Å². The van der Waals surface area contributed by atoms with Crippen LogP contribution in [0, 0.1) is 5.41 Å². The van der Waals surface area contributed by atoms with Crippen molar-refractivity contribution >= 4 is 23.4 Å². The number of benzene rings is 3. The molecule has 0 spiro atoms. The summed E-state index contributed by atoms with van der Waals surface area (Å²) in [5, 5.41) is 2.89. The lowest BCUT2D eigenvalue weighted by atomic mass is 9.82. The van der Waals surface area contributed by atoms with Crippen LogP contribution in [0.4, 0.5) is 16.2 Å². The van der Waals surface area contributed by atoms with Gasteiger partial charge in [-0.05, 0) is 79.7 Å². The molecule has 1 heterocycles. The number of nitrogens with one attached hydrogen (secondary N) is 1. The van der Waals surface area contributed by atoms with E-state index in [4.69, 9.17) is 4.74 Å². The van der Waals surface area contributed by atoms with Crippen molar-refractivity contribution in [1.29, 1.82) is 0 Å². The Morgan fingerprint density at radius 1 is 0.944 bits per heavy atom. The van der Waals surface area contributed by atoms with Crippen LogP contribution >= 0.6 is 0 Å². The fraction of sp³-hybridized carbons (Fsp3) is 0.333. The number of ether oxygens (including phenoxy) is 1. The van der Waals surface area contributed by atoms with Gasteiger partial charge in [0.05, 0.1) is 0 Å². The van der Waals surface area contributed by atoms with Crippen molar-refractivity contribution < 1.29 is 14.3 Å². The molecule has 0 bridgehead atoms. The van der Waals surface area contributed by atoms with Crippen molar-refractivity contribution in [2.45, 2.75) is 33.1 Å². The number of nitrogens with zero attached hydrogens (tertiary/aromatic N) is 2. The maximum atomic E-state index is 12.8. The van der Waals surface area contributed by atoms with Gasteiger partial charge >= 0.3 is 6.09 Å². The number of piperidine rings is 1. The van der Waals surface area contributed by atoms with Crippen molar-refractivity contribution in [2.24, 2.45) is 5.41 Å². The van der Waals surface area contributed by atoms with Gasteiger partial charge in [0.1, 0.15) is 5.75 Å². The molecule has 0 atom stereocenters. The lowest BCUT2D eigenvalue weighted by Gasteiger charge is -2.36. The van der Waals surface area contributed by atoms with E-state index in [9.17, 15) is 9.59 Å². The lowest BCUT2D eigenvalue weighted by molar-refractivity contribution is 0.102. The van der Waals surface area contributed by atoms with Gasteiger partial charge in [-0.3, -0.25) is 9.69 Å². The molecule has 0 aromatic heterocycles. The van der Waals surface area contributed by atoms with Crippen molar-refractivity contribution in [3.05, 3.63) is 90.0 Å². The zero-order valence-electron chi connectivity index (χ0n) is 21.4. The van der Waals surface area contributed by atoms with E-state index >= 15 is 0 Å². The van der Waals surface area contributed by atoms with E-state index in [1.807, 2.05) is 54.6 Å². The third kappa shape index (κ3) is 6.95. The van der Waals surface area contributed by atoms with E-state index in [1.54, 1.807) is 31.3 Å². The van der Waals surface area contributed by atoms with E-state index in [0.717, 1.165) is 31.7 Å². The van der Waals surface area contributed by atoms with E-state index in [0.29, 0.717) is 22.4 Å². The topological polar surface area (TPSA) is 61.9 Å². The van der Waals surface area contributed by atoms with Crippen LogP contribution in [0.1, 0.15) is 42.6 Å². The predicted molar refractivity (Wildman–Crippen MR) is 145 cm³/mol. The largest absolute Gasteiger partial charge is 0.419 e. The van der Waals surface area contributed by atoms with Crippen LogP contribution in [0.3, 0.4) is 0 Å². The highest BCUT2D eigenvalue weighted by Gasteiger charge is 2.24. The molecule has 3 aromatic rings. The average molecular weight is 486 g/mol. The Bertz CT molecular complexity index is 1170. The number of anilines is 2. The molecule has 2 amide bonds. The van der Waals surface area contributed by atoms with Gasteiger partial charge in [0.15, 0.2) is 0 Å². The van der Waals surface area contributed by atoms with Crippen LogP contribution < -0.4 is 15.0 Å². The van der Waals surface area contributed by atoms with E-state index < -0.39 is 6.09 Å². The predicted octanol–water partition coefficient (Wildman–Crippen LogP) is 6.24. The van der Waals surface area contributed by atoms with Gasteiger partial charge in [-0.25, -0.2) is 4.79 Å². The minimum absolute atomic E-state index is 0.204. The van der Waals surface area contributed by atoms with Crippen LogP contribution in [0.2, 0.25) is 0 Å². The van der Waals surface area contributed by atoms with E-state index in [1.165, 1.54) is 23.3 Å². The summed E-state index contributed by atoms with van der Waals surface area (Å²) in [6.07, 6.45) is 2.97. The number of hydrogen-bond acceptors (Lipinski definition) is 4. The van der Waals surface area contributed by atoms with Crippen LogP contribution in [0.5, 0.6) is 5.75 Å². The normalized spacial score (nSPS) is 15.2. The SMILES string of the molecule is CN(C(=O)Oc1cccc(NC(=O)c2ccc(CCN3CCC(C)(C)CC3)cc2)c1)c1ccccc1. The molecular weight excluding hydrogens is 450 g/mol. The molecule has 0 unspecified atom stereocenters. The van der Waals surface area contributed by atoms with Gasteiger partial charge in [0, 0.05) is 36.6 Å². The standard InChI is InChI=1S/C30H35N3O3/c1-30(2)17-20-33(21-18-30)19-16-23-12-14-24(15-13-23)28(34)31-25-8-7-11-27(22-25)36-29(35)32(3)26-9-5-4-6-10-26/h4-15,22H,16-21H2,1-3H3,(H,31,34). The molecule has 1 aliphatic rings. The summed E-state index contributed by atoms with van der Waals surface area (Å²) in [5.41, 5.74) is 3.57. The molecular formula is C30H35N3O3. The molecule has 0 radical (unpaired) electrons. The summed E-state index contributed by atoms with van der Waals surface area (Å²) in [7, 11) is 1.65. The van der Waals surface area contributed by atoms with E-state index in [2.05, 4.69) is 24.1 Å². The maximum absolute atomic E-state index is 12.8. The molecule has 6 nitrogen and oxygen atoms in total.